The van der Waals surface area contributed by atoms with Crippen molar-refractivity contribution < 1.29 is 4.92 Å². The van der Waals surface area contributed by atoms with Crippen LogP contribution in [0.4, 0.5) is 11.4 Å². The number of benzene rings is 1. The lowest BCUT2D eigenvalue weighted by atomic mass is 10.1. The fraction of sp³-hybridized carbons (Fsp3) is 0.200. The van der Waals surface area contributed by atoms with Gasteiger partial charge in [0.1, 0.15) is 0 Å². The Morgan fingerprint density at radius 2 is 2.35 bits per heavy atom. The highest BCUT2D eigenvalue weighted by molar-refractivity contribution is 5.69. The van der Waals surface area contributed by atoms with E-state index in [9.17, 15) is 10.1 Å². The fourth-order valence-corrected chi connectivity index (χ4v) is 1.34. The normalized spacial score (nSPS) is 10.2. The number of hydrogen-bond acceptors (Lipinski definition) is 4. The van der Waals surface area contributed by atoms with E-state index in [2.05, 4.69) is 10.0 Å². The summed E-state index contributed by atoms with van der Waals surface area (Å²) in [6.45, 7) is 1.86. The smallest absolute Gasteiger partial charge is 0.274 e. The summed E-state index contributed by atoms with van der Waals surface area (Å²) in [4.78, 5) is 12.8. The zero-order valence-electron chi connectivity index (χ0n) is 9.20. The van der Waals surface area contributed by atoms with Gasteiger partial charge < -0.3 is 5.73 Å². The SMILES string of the molecule is Cc1cc(C=CCN=[N+]=[N-])c(N)cc1[N+](=O)[O-]. The third-order valence-corrected chi connectivity index (χ3v) is 2.15. The van der Waals surface area contributed by atoms with Crippen LogP contribution in [-0.4, -0.2) is 11.5 Å². The summed E-state index contributed by atoms with van der Waals surface area (Å²) in [5.74, 6) is 0. The first kappa shape index (κ1) is 12.5. The Balaban J connectivity index is 3.03. The van der Waals surface area contributed by atoms with E-state index in [1.165, 1.54) is 6.07 Å². The maximum absolute atomic E-state index is 10.7. The zero-order valence-corrected chi connectivity index (χ0v) is 9.20. The van der Waals surface area contributed by atoms with Crippen molar-refractivity contribution in [2.75, 3.05) is 12.3 Å². The van der Waals surface area contributed by atoms with Gasteiger partial charge in [-0.3, -0.25) is 10.1 Å². The van der Waals surface area contributed by atoms with Crippen LogP contribution in [-0.2, 0) is 0 Å². The molecule has 1 rings (SSSR count). The molecule has 0 bridgehead atoms. The van der Waals surface area contributed by atoms with Gasteiger partial charge in [-0.15, -0.1) is 0 Å². The minimum Gasteiger partial charge on any atom is -0.398 e. The first-order chi connectivity index (χ1) is 8.06. The standard InChI is InChI=1S/C10H11N5O2/c1-7-5-8(3-2-4-13-14-12)9(11)6-10(7)15(16)17/h2-3,5-6H,4,11H2,1H3. The van der Waals surface area contributed by atoms with Crippen molar-refractivity contribution in [3.8, 4) is 0 Å². The van der Waals surface area contributed by atoms with E-state index in [1.54, 1.807) is 25.1 Å². The number of nitrogens with zero attached hydrogens (tertiary/aromatic N) is 4. The van der Waals surface area contributed by atoms with Gasteiger partial charge in [-0.2, -0.15) is 0 Å². The summed E-state index contributed by atoms with van der Waals surface area (Å²) in [6, 6.07) is 2.95. The number of nitro benzene ring substituents is 1. The fourth-order valence-electron chi connectivity index (χ4n) is 1.34. The van der Waals surface area contributed by atoms with Crippen LogP contribution in [0.1, 0.15) is 11.1 Å². The number of nitro groups is 1. The molecule has 0 saturated heterocycles. The van der Waals surface area contributed by atoms with Crippen LogP contribution >= 0.6 is 0 Å². The molecule has 0 aromatic heterocycles. The molecule has 17 heavy (non-hydrogen) atoms. The summed E-state index contributed by atoms with van der Waals surface area (Å²) < 4.78 is 0. The number of aryl methyl sites for hydroxylation is 1. The Morgan fingerprint density at radius 3 is 2.94 bits per heavy atom. The molecule has 0 aliphatic rings. The van der Waals surface area contributed by atoms with Crippen LogP contribution in [0.25, 0.3) is 16.5 Å². The van der Waals surface area contributed by atoms with Crippen molar-refractivity contribution in [1.82, 2.24) is 0 Å². The molecule has 2 N–H and O–H groups in total. The number of hydrogen-bond donors (Lipinski definition) is 1. The van der Waals surface area contributed by atoms with E-state index >= 15 is 0 Å². The average molecular weight is 233 g/mol. The van der Waals surface area contributed by atoms with Crippen molar-refractivity contribution in [2.45, 2.75) is 6.92 Å². The van der Waals surface area contributed by atoms with Crippen LogP contribution in [0.15, 0.2) is 23.3 Å². The molecule has 0 aliphatic heterocycles. The number of anilines is 1. The summed E-state index contributed by atoms with van der Waals surface area (Å²) in [5, 5.41) is 14.0. The summed E-state index contributed by atoms with van der Waals surface area (Å²) >= 11 is 0. The second-order valence-electron chi connectivity index (χ2n) is 3.34. The van der Waals surface area contributed by atoms with Crippen molar-refractivity contribution in [3.63, 3.8) is 0 Å². The molecule has 1 aromatic carbocycles. The van der Waals surface area contributed by atoms with Gasteiger partial charge in [-0.05, 0) is 24.1 Å². The quantitative estimate of drug-likeness (QED) is 0.215. The molecular weight excluding hydrogens is 222 g/mol. The monoisotopic (exact) mass is 233 g/mol. The van der Waals surface area contributed by atoms with Crippen LogP contribution in [0.3, 0.4) is 0 Å². The average Bonchev–Trinajstić information content (AvgIpc) is 2.28. The van der Waals surface area contributed by atoms with E-state index in [0.29, 0.717) is 16.8 Å². The number of rotatable bonds is 4. The van der Waals surface area contributed by atoms with Gasteiger partial charge in [-0.1, -0.05) is 17.3 Å². The largest absolute Gasteiger partial charge is 0.398 e. The maximum atomic E-state index is 10.7. The Bertz CT molecular complexity index is 518. The molecule has 0 atom stereocenters. The lowest BCUT2D eigenvalue weighted by molar-refractivity contribution is -0.385. The molecule has 7 nitrogen and oxygen atoms in total. The molecule has 0 unspecified atom stereocenters. The lowest BCUT2D eigenvalue weighted by Crippen LogP contribution is -1.96. The Kier molecular flexibility index (Phi) is 4.08. The van der Waals surface area contributed by atoms with E-state index in [4.69, 9.17) is 11.3 Å². The molecule has 0 heterocycles. The molecule has 1 aromatic rings. The highest BCUT2D eigenvalue weighted by atomic mass is 16.6. The molecule has 0 amide bonds. The Labute approximate surface area is 97.3 Å². The van der Waals surface area contributed by atoms with Gasteiger partial charge in [0, 0.05) is 28.8 Å². The molecule has 0 saturated carbocycles. The number of nitrogens with two attached hydrogens (primary N) is 1. The third-order valence-electron chi connectivity index (χ3n) is 2.15. The molecule has 0 radical (unpaired) electrons. The first-order valence-corrected chi connectivity index (χ1v) is 4.78. The highest BCUT2D eigenvalue weighted by Crippen LogP contribution is 2.25. The predicted molar refractivity (Wildman–Crippen MR) is 65.3 cm³/mol. The van der Waals surface area contributed by atoms with Crippen molar-refractivity contribution >= 4 is 17.5 Å². The molecule has 0 spiro atoms. The van der Waals surface area contributed by atoms with Crippen LogP contribution in [0.5, 0.6) is 0 Å². The van der Waals surface area contributed by atoms with Crippen LogP contribution in [0.2, 0.25) is 0 Å². The maximum Gasteiger partial charge on any atom is 0.274 e. The van der Waals surface area contributed by atoms with E-state index in [1.807, 2.05) is 0 Å². The van der Waals surface area contributed by atoms with Gasteiger partial charge in [-0.25, -0.2) is 0 Å². The van der Waals surface area contributed by atoms with Gasteiger partial charge in [0.25, 0.3) is 5.69 Å². The van der Waals surface area contributed by atoms with Gasteiger partial charge >= 0.3 is 0 Å². The van der Waals surface area contributed by atoms with Gasteiger partial charge in [0.15, 0.2) is 0 Å². The summed E-state index contributed by atoms with van der Waals surface area (Å²) in [5.41, 5.74) is 15.3. The Hall–Kier alpha value is -2.53. The molecule has 88 valence electrons. The van der Waals surface area contributed by atoms with Crippen molar-refractivity contribution in [2.24, 2.45) is 5.11 Å². The van der Waals surface area contributed by atoms with Gasteiger partial charge in [0.2, 0.25) is 0 Å². The molecule has 0 aliphatic carbocycles. The topological polar surface area (TPSA) is 118 Å². The van der Waals surface area contributed by atoms with Crippen LogP contribution < -0.4 is 5.73 Å². The minimum absolute atomic E-state index is 0.00491. The second kappa shape index (κ2) is 5.53. The van der Waals surface area contributed by atoms with E-state index in [-0.39, 0.29) is 12.2 Å². The summed E-state index contributed by atoms with van der Waals surface area (Å²) in [6.07, 6.45) is 3.30. The number of azide groups is 1. The third kappa shape index (κ3) is 3.22. The zero-order chi connectivity index (χ0) is 12.8. The van der Waals surface area contributed by atoms with Gasteiger partial charge in [0.05, 0.1) is 4.92 Å². The minimum atomic E-state index is -0.473. The number of nitrogen functional groups attached to an aromatic ring is 1. The highest BCUT2D eigenvalue weighted by Gasteiger charge is 2.12. The summed E-state index contributed by atoms with van der Waals surface area (Å²) in [7, 11) is 0. The van der Waals surface area contributed by atoms with E-state index in [0.717, 1.165) is 0 Å². The van der Waals surface area contributed by atoms with Crippen molar-refractivity contribution in [1.29, 1.82) is 0 Å². The Morgan fingerprint density at radius 1 is 1.65 bits per heavy atom. The molecule has 0 fully saturated rings. The first-order valence-electron chi connectivity index (χ1n) is 4.78. The lowest BCUT2D eigenvalue weighted by Gasteiger charge is -2.03. The van der Waals surface area contributed by atoms with Crippen LogP contribution in [0, 0.1) is 17.0 Å². The molecule has 7 heteroatoms. The second-order valence-corrected chi connectivity index (χ2v) is 3.34. The van der Waals surface area contributed by atoms with Crippen molar-refractivity contribution in [3.05, 3.63) is 49.9 Å². The predicted octanol–water partition coefficient (Wildman–Crippen LogP) is 2.81. The molecular formula is C10H11N5O2. The van der Waals surface area contributed by atoms with E-state index < -0.39 is 4.92 Å².